The molecule has 0 aliphatic heterocycles. The Morgan fingerprint density at radius 1 is 0.571 bits per heavy atom. The molecular formula is C29H30O6. The van der Waals surface area contributed by atoms with Crippen LogP contribution in [0.4, 0.5) is 0 Å². The summed E-state index contributed by atoms with van der Waals surface area (Å²) in [5, 5.41) is 0. The molecule has 0 bridgehead atoms. The Morgan fingerprint density at radius 2 is 0.914 bits per heavy atom. The lowest BCUT2D eigenvalue weighted by atomic mass is 9.95. The first-order valence-electron chi connectivity index (χ1n) is 11.7. The molecular weight excluding hydrogens is 444 g/mol. The van der Waals surface area contributed by atoms with E-state index in [4.69, 9.17) is 14.2 Å². The van der Waals surface area contributed by atoms with Crippen molar-refractivity contribution in [2.24, 2.45) is 5.92 Å². The molecule has 0 amide bonds. The van der Waals surface area contributed by atoms with Crippen LogP contribution in [0.2, 0.25) is 0 Å². The number of ether oxygens (including phenoxy) is 3. The van der Waals surface area contributed by atoms with E-state index in [1.807, 2.05) is 20.8 Å². The third-order valence-electron chi connectivity index (χ3n) is 5.52. The van der Waals surface area contributed by atoms with Crippen LogP contribution in [0.1, 0.15) is 58.3 Å². The fraction of sp³-hybridized carbons (Fsp3) is 0.276. The molecule has 0 aliphatic rings. The van der Waals surface area contributed by atoms with Gasteiger partial charge in [-0.05, 0) is 48.7 Å². The van der Waals surface area contributed by atoms with Gasteiger partial charge in [0.1, 0.15) is 12.2 Å². The van der Waals surface area contributed by atoms with Gasteiger partial charge in [-0.25, -0.2) is 14.4 Å². The van der Waals surface area contributed by atoms with Crippen molar-refractivity contribution >= 4 is 17.9 Å². The molecule has 0 N–H and O–H groups in total. The predicted molar refractivity (Wildman–Crippen MR) is 132 cm³/mol. The molecule has 0 radical (unpaired) electrons. The predicted octanol–water partition coefficient (Wildman–Crippen LogP) is 5.73. The molecule has 0 fully saturated rings. The van der Waals surface area contributed by atoms with E-state index in [-0.39, 0.29) is 5.92 Å². The summed E-state index contributed by atoms with van der Waals surface area (Å²) in [7, 11) is 0. The van der Waals surface area contributed by atoms with Crippen LogP contribution < -0.4 is 0 Å². The average Bonchev–Trinajstić information content (AvgIpc) is 2.90. The highest BCUT2D eigenvalue weighted by Crippen LogP contribution is 2.25. The molecule has 0 saturated heterocycles. The molecule has 6 nitrogen and oxygen atoms in total. The molecule has 3 rings (SSSR count). The van der Waals surface area contributed by atoms with E-state index >= 15 is 0 Å². The summed E-state index contributed by atoms with van der Waals surface area (Å²) in [6.45, 7) is 5.54. The van der Waals surface area contributed by atoms with Crippen molar-refractivity contribution in [1.82, 2.24) is 0 Å². The van der Waals surface area contributed by atoms with Gasteiger partial charge in [-0.15, -0.1) is 0 Å². The smallest absolute Gasteiger partial charge is 0.338 e. The lowest BCUT2D eigenvalue weighted by molar-refractivity contribution is -0.100. The molecule has 0 saturated carbocycles. The summed E-state index contributed by atoms with van der Waals surface area (Å²) in [5.74, 6) is -1.92. The second-order valence-corrected chi connectivity index (χ2v) is 8.43. The summed E-state index contributed by atoms with van der Waals surface area (Å²) in [4.78, 5) is 38.8. The zero-order valence-electron chi connectivity index (χ0n) is 20.1. The largest absolute Gasteiger partial charge is 0.455 e. The summed E-state index contributed by atoms with van der Waals surface area (Å²) in [5.41, 5.74) is 1.10. The molecule has 6 heteroatoms. The maximum atomic E-state index is 13.0. The highest BCUT2D eigenvalue weighted by Gasteiger charge is 2.39. The number of benzene rings is 3. The van der Waals surface area contributed by atoms with Gasteiger partial charge in [0.25, 0.3) is 0 Å². The molecule has 35 heavy (non-hydrogen) atoms. The van der Waals surface area contributed by atoms with Crippen LogP contribution in [0.15, 0.2) is 91.0 Å². The van der Waals surface area contributed by atoms with Crippen molar-refractivity contribution in [3.05, 3.63) is 108 Å². The Morgan fingerprint density at radius 3 is 1.26 bits per heavy atom. The van der Waals surface area contributed by atoms with Crippen molar-refractivity contribution in [3.8, 4) is 0 Å². The van der Waals surface area contributed by atoms with Gasteiger partial charge in [-0.3, -0.25) is 0 Å². The molecule has 182 valence electrons. The Kier molecular flexibility index (Phi) is 9.18. The first kappa shape index (κ1) is 25.7. The van der Waals surface area contributed by atoms with E-state index < -0.39 is 36.2 Å². The zero-order valence-corrected chi connectivity index (χ0v) is 20.1. The van der Waals surface area contributed by atoms with E-state index in [1.165, 1.54) is 0 Å². The number of esters is 3. The fourth-order valence-corrected chi connectivity index (χ4v) is 3.63. The quantitative estimate of drug-likeness (QED) is 0.276. The van der Waals surface area contributed by atoms with E-state index in [2.05, 4.69) is 0 Å². The third-order valence-corrected chi connectivity index (χ3v) is 5.52. The normalized spacial score (nSPS) is 13.4. The second kappa shape index (κ2) is 12.5. The first-order valence-corrected chi connectivity index (χ1v) is 11.7. The number of carbonyl (C=O) groups is 3. The summed E-state index contributed by atoms with van der Waals surface area (Å²) < 4.78 is 17.5. The van der Waals surface area contributed by atoms with Crippen molar-refractivity contribution < 1.29 is 28.6 Å². The Labute approximate surface area is 205 Å². The standard InChI is InChI=1S/C29H30O6/c1-4-24(33-27(30)21-14-8-5-9-15-21)26(35-29(32)23-18-12-7-13-19-23)25(20(2)3)34-28(31)22-16-10-6-11-17-22/h5-20,24-26H,4H2,1-3H3/t24-,25+,26+/m0/s1. The number of hydrogen-bond donors (Lipinski definition) is 0. The van der Waals surface area contributed by atoms with Crippen LogP contribution >= 0.6 is 0 Å². The van der Waals surface area contributed by atoms with E-state index in [9.17, 15) is 14.4 Å². The molecule has 0 aromatic heterocycles. The fourth-order valence-electron chi connectivity index (χ4n) is 3.63. The molecule has 0 spiro atoms. The van der Waals surface area contributed by atoms with Crippen LogP contribution in [0.5, 0.6) is 0 Å². The zero-order chi connectivity index (χ0) is 25.2. The number of rotatable bonds is 10. The number of hydrogen-bond acceptors (Lipinski definition) is 6. The van der Waals surface area contributed by atoms with E-state index in [1.54, 1.807) is 91.0 Å². The van der Waals surface area contributed by atoms with Crippen molar-refractivity contribution in [1.29, 1.82) is 0 Å². The third kappa shape index (κ3) is 7.03. The molecule has 3 atom stereocenters. The Hall–Kier alpha value is -3.93. The van der Waals surface area contributed by atoms with Crippen LogP contribution in [0.25, 0.3) is 0 Å². The molecule has 3 aromatic carbocycles. The van der Waals surface area contributed by atoms with Gasteiger partial charge < -0.3 is 14.2 Å². The van der Waals surface area contributed by atoms with Crippen molar-refractivity contribution in [2.45, 2.75) is 45.5 Å². The van der Waals surface area contributed by atoms with Crippen LogP contribution in [-0.2, 0) is 14.2 Å². The highest BCUT2D eigenvalue weighted by molar-refractivity contribution is 5.91. The van der Waals surface area contributed by atoms with Crippen LogP contribution in [-0.4, -0.2) is 36.2 Å². The maximum absolute atomic E-state index is 13.0. The van der Waals surface area contributed by atoms with Gasteiger partial charge in [0, 0.05) is 0 Å². The van der Waals surface area contributed by atoms with Crippen molar-refractivity contribution in [2.75, 3.05) is 0 Å². The van der Waals surface area contributed by atoms with Gasteiger partial charge in [0.15, 0.2) is 6.10 Å². The SMILES string of the molecule is CC[C@H](OC(=O)c1ccccc1)[C@@H](OC(=O)c1ccccc1)[C@H](OC(=O)c1ccccc1)C(C)C. The molecule has 0 aliphatic carbocycles. The summed E-state index contributed by atoms with van der Waals surface area (Å²) >= 11 is 0. The summed E-state index contributed by atoms with van der Waals surface area (Å²) in [6.07, 6.45) is -2.37. The number of carbonyl (C=O) groups excluding carboxylic acids is 3. The molecule has 0 unspecified atom stereocenters. The second-order valence-electron chi connectivity index (χ2n) is 8.43. The Bertz CT molecular complexity index is 1100. The molecule has 3 aromatic rings. The van der Waals surface area contributed by atoms with Gasteiger partial charge in [-0.1, -0.05) is 75.4 Å². The van der Waals surface area contributed by atoms with Gasteiger partial charge in [-0.2, -0.15) is 0 Å². The molecule has 0 heterocycles. The average molecular weight is 475 g/mol. The van der Waals surface area contributed by atoms with Crippen LogP contribution in [0, 0.1) is 5.92 Å². The lowest BCUT2D eigenvalue weighted by Gasteiger charge is -2.34. The maximum Gasteiger partial charge on any atom is 0.338 e. The Balaban J connectivity index is 1.91. The minimum atomic E-state index is -1.02. The van der Waals surface area contributed by atoms with Gasteiger partial charge >= 0.3 is 17.9 Å². The van der Waals surface area contributed by atoms with E-state index in [0.29, 0.717) is 23.1 Å². The first-order chi connectivity index (χ1) is 16.9. The minimum absolute atomic E-state index is 0.235. The monoisotopic (exact) mass is 474 g/mol. The lowest BCUT2D eigenvalue weighted by Crippen LogP contribution is -2.47. The van der Waals surface area contributed by atoms with Crippen molar-refractivity contribution in [3.63, 3.8) is 0 Å². The summed E-state index contributed by atoms with van der Waals surface area (Å²) in [6, 6.07) is 25.7. The van der Waals surface area contributed by atoms with Gasteiger partial charge in [0.05, 0.1) is 16.7 Å². The highest BCUT2D eigenvalue weighted by atomic mass is 16.6. The van der Waals surface area contributed by atoms with E-state index in [0.717, 1.165) is 0 Å². The topological polar surface area (TPSA) is 78.9 Å². The van der Waals surface area contributed by atoms with Gasteiger partial charge in [0.2, 0.25) is 0 Å². The minimum Gasteiger partial charge on any atom is -0.455 e. The van der Waals surface area contributed by atoms with Crippen LogP contribution in [0.3, 0.4) is 0 Å².